The Labute approximate surface area is 164 Å². The van der Waals surface area contributed by atoms with Gasteiger partial charge in [-0.25, -0.2) is 0 Å². The quantitative estimate of drug-likeness (QED) is 0.560. The smallest absolute Gasteiger partial charge is 0.273 e. The fourth-order valence-electron chi connectivity index (χ4n) is 3.01. The molecule has 28 heavy (non-hydrogen) atoms. The van der Waals surface area contributed by atoms with Gasteiger partial charge < -0.3 is 10.2 Å². The average molecular weight is 383 g/mol. The van der Waals surface area contributed by atoms with Crippen LogP contribution >= 0.6 is 0 Å². The molecule has 2 rings (SSSR count). The number of nitro groups is 1. The lowest BCUT2D eigenvalue weighted by Gasteiger charge is -2.29. The van der Waals surface area contributed by atoms with Crippen LogP contribution in [0.5, 0.6) is 0 Å². The van der Waals surface area contributed by atoms with E-state index >= 15 is 0 Å². The van der Waals surface area contributed by atoms with Crippen molar-refractivity contribution in [2.45, 2.75) is 39.8 Å². The Hall–Kier alpha value is -3.22. The van der Waals surface area contributed by atoms with E-state index in [4.69, 9.17) is 0 Å². The lowest BCUT2D eigenvalue weighted by Crippen LogP contribution is -2.48. The minimum atomic E-state index is -0.698. The molecule has 0 saturated carbocycles. The normalized spacial score (nSPS) is 11.5. The predicted molar refractivity (Wildman–Crippen MR) is 107 cm³/mol. The predicted octanol–water partition coefficient (Wildman–Crippen LogP) is 3.00. The number of aryl methyl sites for hydroxylation is 1. The zero-order valence-corrected chi connectivity index (χ0v) is 16.3. The van der Waals surface area contributed by atoms with Crippen LogP contribution in [-0.2, 0) is 22.6 Å². The maximum Gasteiger partial charge on any atom is 0.273 e. The highest BCUT2D eigenvalue weighted by atomic mass is 16.6. The summed E-state index contributed by atoms with van der Waals surface area (Å²) >= 11 is 0. The number of amides is 2. The highest BCUT2D eigenvalue weighted by Gasteiger charge is 2.27. The van der Waals surface area contributed by atoms with Crippen LogP contribution in [-0.4, -0.2) is 34.2 Å². The molecule has 0 aliphatic carbocycles. The monoisotopic (exact) mass is 383 g/mol. The van der Waals surface area contributed by atoms with Crippen molar-refractivity contribution in [2.75, 3.05) is 6.54 Å². The van der Waals surface area contributed by atoms with Gasteiger partial charge in [0.15, 0.2) is 0 Å². The van der Waals surface area contributed by atoms with Gasteiger partial charge in [0.1, 0.15) is 6.04 Å². The van der Waals surface area contributed by atoms with Crippen LogP contribution in [0.2, 0.25) is 0 Å². The van der Waals surface area contributed by atoms with E-state index in [9.17, 15) is 19.7 Å². The first-order chi connectivity index (χ1) is 13.3. The van der Waals surface area contributed by atoms with Gasteiger partial charge in [-0.15, -0.1) is 0 Å². The Morgan fingerprint density at radius 1 is 1.18 bits per heavy atom. The molecule has 0 spiro atoms. The van der Waals surface area contributed by atoms with Crippen LogP contribution in [0.4, 0.5) is 5.69 Å². The van der Waals surface area contributed by atoms with Crippen LogP contribution in [0.3, 0.4) is 0 Å². The van der Waals surface area contributed by atoms with Gasteiger partial charge in [-0.3, -0.25) is 19.7 Å². The SMILES string of the molecule is CCNC(=O)[C@H](C)N(Cc1cccc(C)c1)C(=O)Cc1ccccc1[N+](=O)[O-]. The van der Waals surface area contributed by atoms with E-state index in [0.717, 1.165) is 11.1 Å². The summed E-state index contributed by atoms with van der Waals surface area (Å²) < 4.78 is 0. The Bertz CT molecular complexity index is 866. The molecule has 0 aliphatic rings. The van der Waals surface area contributed by atoms with Gasteiger partial charge in [0, 0.05) is 24.7 Å². The second-order valence-electron chi connectivity index (χ2n) is 6.64. The molecule has 0 unspecified atom stereocenters. The Kier molecular flexibility index (Phi) is 7.26. The number of nitrogens with one attached hydrogen (secondary N) is 1. The third-order valence-electron chi connectivity index (χ3n) is 4.48. The van der Waals surface area contributed by atoms with E-state index in [-0.39, 0.29) is 30.5 Å². The molecular formula is C21H25N3O4. The Morgan fingerprint density at radius 2 is 1.89 bits per heavy atom. The lowest BCUT2D eigenvalue weighted by molar-refractivity contribution is -0.385. The maximum atomic E-state index is 13.1. The van der Waals surface area contributed by atoms with Crippen LogP contribution in [0, 0.1) is 17.0 Å². The standard InChI is InChI=1S/C21H25N3O4/c1-4-22-21(26)16(3)23(14-17-9-7-8-15(2)12-17)20(25)13-18-10-5-6-11-19(18)24(27)28/h5-12,16H,4,13-14H2,1-3H3,(H,22,26)/t16-/m0/s1. The molecule has 7 heteroatoms. The molecule has 2 amide bonds. The average Bonchev–Trinajstić information content (AvgIpc) is 2.66. The number of para-hydroxylation sites is 1. The molecular weight excluding hydrogens is 358 g/mol. The van der Waals surface area contributed by atoms with Crippen molar-refractivity contribution in [3.8, 4) is 0 Å². The van der Waals surface area contributed by atoms with Gasteiger partial charge in [-0.05, 0) is 26.3 Å². The number of nitrogens with zero attached hydrogens (tertiary/aromatic N) is 2. The summed E-state index contributed by atoms with van der Waals surface area (Å²) in [6, 6.07) is 13.2. The van der Waals surface area contributed by atoms with Crippen molar-refractivity contribution >= 4 is 17.5 Å². The van der Waals surface area contributed by atoms with E-state index in [1.165, 1.54) is 11.0 Å². The molecule has 0 aliphatic heterocycles. The van der Waals surface area contributed by atoms with E-state index in [1.807, 2.05) is 38.1 Å². The zero-order valence-electron chi connectivity index (χ0n) is 16.3. The fourth-order valence-corrected chi connectivity index (χ4v) is 3.01. The number of carbonyl (C=O) groups excluding carboxylic acids is 2. The van der Waals surface area contributed by atoms with E-state index in [2.05, 4.69) is 5.32 Å². The molecule has 0 radical (unpaired) electrons. The molecule has 0 bridgehead atoms. The highest BCUT2D eigenvalue weighted by molar-refractivity contribution is 5.88. The summed E-state index contributed by atoms with van der Waals surface area (Å²) in [6.07, 6.45) is -0.146. The van der Waals surface area contributed by atoms with Crippen LogP contribution in [0.1, 0.15) is 30.5 Å². The minimum absolute atomic E-state index is 0.1000. The minimum Gasteiger partial charge on any atom is -0.355 e. The van der Waals surface area contributed by atoms with Gasteiger partial charge in [0.2, 0.25) is 11.8 Å². The first-order valence-electron chi connectivity index (χ1n) is 9.18. The van der Waals surface area contributed by atoms with Crippen molar-refractivity contribution < 1.29 is 14.5 Å². The van der Waals surface area contributed by atoms with Crippen molar-refractivity contribution in [3.63, 3.8) is 0 Å². The number of carbonyl (C=O) groups is 2. The zero-order chi connectivity index (χ0) is 20.7. The van der Waals surface area contributed by atoms with Crippen LogP contribution in [0.15, 0.2) is 48.5 Å². The molecule has 0 fully saturated rings. The highest BCUT2D eigenvalue weighted by Crippen LogP contribution is 2.20. The first kappa shape index (κ1) is 21.1. The number of rotatable bonds is 8. The number of benzene rings is 2. The summed E-state index contributed by atoms with van der Waals surface area (Å²) in [7, 11) is 0. The number of nitro benzene ring substituents is 1. The summed E-state index contributed by atoms with van der Waals surface area (Å²) in [6.45, 7) is 6.14. The number of likely N-dealkylation sites (N-methyl/N-ethyl adjacent to an activating group) is 1. The molecule has 2 aromatic carbocycles. The van der Waals surface area contributed by atoms with Crippen molar-refractivity contribution in [2.24, 2.45) is 0 Å². The second kappa shape index (κ2) is 9.64. The van der Waals surface area contributed by atoms with E-state index in [1.54, 1.807) is 25.1 Å². The maximum absolute atomic E-state index is 13.1. The van der Waals surface area contributed by atoms with Gasteiger partial charge in [0.05, 0.1) is 11.3 Å². The topological polar surface area (TPSA) is 92.6 Å². The summed E-state index contributed by atoms with van der Waals surface area (Å²) in [4.78, 5) is 37.6. The molecule has 148 valence electrons. The van der Waals surface area contributed by atoms with Gasteiger partial charge in [-0.1, -0.05) is 48.0 Å². The number of hydrogen-bond acceptors (Lipinski definition) is 4. The molecule has 1 N–H and O–H groups in total. The molecule has 7 nitrogen and oxygen atoms in total. The third-order valence-corrected chi connectivity index (χ3v) is 4.48. The van der Waals surface area contributed by atoms with Crippen LogP contribution in [0.25, 0.3) is 0 Å². The molecule has 2 aromatic rings. The number of hydrogen-bond donors (Lipinski definition) is 1. The first-order valence-corrected chi connectivity index (χ1v) is 9.18. The molecule has 0 aromatic heterocycles. The fraction of sp³-hybridized carbons (Fsp3) is 0.333. The van der Waals surface area contributed by atoms with Gasteiger partial charge in [-0.2, -0.15) is 0 Å². The largest absolute Gasteiger partial charge is 0.355 e. The van der Waals surface area contributed by atoms with E-state index in [0.29, 0.717) is 12.1 Å². The lowest BCUT2D eigenvalue weighted by atomic mass is 10.1. The summed E-state index contributed by atoms with van der Waals surface area (Å²) in [5.41, 5.74) is 2.17. The summed E-state index contributed by atoms with van der Waals surface area (Å²) in [5, 5.41) is 14.0. The van der Waals surface area contributed by atoms with Gasteiger partial charge >= 0.3 is 0 Å². The van der Waals surface area contributed by atoms with Crippen LogP contribution < -0.4 is 5.32 Å². The Balaban J connectivity index is 2.31. The molecule has 0 saturated heterocycles. The summed E-state index contributed by atoms with van der Waals surface area (Å²) in [5.74, 6) is -0.597. The van der Waals surface area contributed by atoms with E-state index < -0.39 is 11.0 Å². The molecule has 0 heterocycles. The van der Waals surface area contributed by atoms with Gasteiger partial charge in [0.25, 0.3) is 5.69 Å². The second-order valence-corrected chi connectivity index (χ2v) is 6.64. The Morgan fingerprint density at radius 3 is 2.54 bits per heavy atom. The molecule has 1 atom stereocenters. The van der Waals surface area contributed by atoms with Crippen molar-refractivity contribution in [3.05, 3.63) is 75.3 Å². The third kappa shape index (κ3) is 5.39. The van der Waals surface area contributed by atoms with Crippen molar-refractivity contribution in [1.82, 2.24) is 10.2 Å². The van der Waals surface area contributed by atoms with Crippen molar-refractivity contribution in [1.29, 1.82) is 0 Å².